The lowest BCUT2D eigenvalue weighted by Crippen LogP contribution is -2.51. The zero-order valence-electron chi connectivity index (χ0n) is 18.8. The molecule has 0 radical (unpaired) electrons. The predicted octanol–water partition coefficient (Wildman–Crippen LogP) is 3.84. The van der Waals surface area contributed by atoms with E-state index in [0.717, 1.165) is 43.8 Å². The molecule has 2 saturated carbocycles. The first-order chi connectivity index (χ1) is 15.3. The number of piperazine rings is 1. The molecule has 3 fully saturated rings. The second kappa shape index (κ2) is 9.65. The molecule has 2 aliphatic carbocycles. The largest absolute Gasteiger partial charge is 0.494 e. The van der Waals surface area contributed by atoms with Gasteiger partial charge in [0.1, 0.15) is 5.75 Å². The highest BCUT2D eigenvalue weighted by Gasteiger charge is 2.34. The van der Waals surface area contributed by atoms with Gasteiger partial charge in [-0.25, -0.2) is 4.68 Å². The number of rotatable bonds is 7. The van der Waals surface area contributed by atoms with Crippen LogP contribution in [0.1, 0.15) is 81.8 Å². The number of hydrogen-bond acceptors (Lipinski definition) is 6. The number of hydrogen-bond donors (Lipinski definition) is 0. The van der Waals surface area contributed by atoms with Crippen LogP contribution >= 0.6 is 0 Å². The Hall–Kier alpha value is -1.99. The van der Waals surface area contributed by atoms with Gasteiger partial charge in [0.15, 0.2) is 5.82 Å². The summed E-state index contributed by atoms with van der Waals surface area (Å²) in [5.41, 5.74) is 1.26. The van der Waals surface area contributed by atoms with Crippen molar-refractivity contribution in [1.82, 2.24) is 30.0 Å². The molecule has 2 aromatic rings. The monoisotopic (exact) mass is 424 g/mol. The molecule has 0 N–H and O–H groups in total. The lowest BCUT2D eigenvalue weighted by molar-refractivity contribution is 0.0764. The molecule has 0 amide bonds. The van der Waals surface area contributed by atoms with Gasteiger partial charge in [-0.1, -0.05) is 37.8 Å². The van der Waals surface area contributed by atoms with Crippen LogP contribution in [-0.4, -0.2) is 68.8 Å². The topological polar surface area (TPSA) is 59.3 Å². The minimum Gasteiger partial charge on any atom is -0.494 e. The summed E-state index contributed by atoms with van der Waals surface area (Å²) in [6.45, 7) is 7.12. The van der Waals surface area contributed by atoms with E-state index in [0.29, 0.717) is 12.6 Å². The summed E-state index contributed by atoms with van der Waals surface area (Å²) < 4.78 is 7.82. The average Bonchev–Trinajstić information content (AvgIpc) is 3.58. The molecule has 0 spiro atoms. The smallest absolute Gasteiger partial charge is 0.173 e. The summed E-state index contributed by atoms with van der Waals surface area (Å²) in [5.74, 6) is 1.93. The first kappa shape index (κ1) is 20.9. The minimum atomic E-state index is 0.0944. The molecule has 1 atom stereocenters. The number of nitrogens with zero attached hydrogens (tertiary/aromatic N) is 6. The molecule has 5 rings (SSSR count). The molecule has 1 aliphatic heterocycles. The minimum absolute atomic E-state index is 0.0944. The van der Waals surface area contributed by atoms with Crippen LogP contribution in [0.2, 0.25) is 0 Å². The highest BCUT2D eigenvalue weighted by Crippen LogP contribution is 2.35. The van der Waals surface area contributed by atoms with E-state index < -0.39 is 0 Å². The van der Waals surface area contributed by atoms with Gasteiger partial charge in [0, 0.05) is 32.2 Å². The second-order valence-electron chi connectivity index (χ2n) is 9.33. The van der Waals surface area contributed by atoms with Crippen molar-refractivity contribution in [3.8, 4) is 5.75 Å². The molecular formula is C24H36N6O. The van der Waals surface area contributed by atoms with E-state index >= 15 is 0 Å². The van der Waals surface area contributed by atoms with Gasteiger partial charge >= 0.3 is 0 Å². The van der Waals surface area contributed by atoms with E-state index in [1.54, 1.807) is 0 Å². The van der Waals surface area contributed by atoms with Crippen molar-refractivity contribution in [1.29, 1.82) is 0 Å². The van der Waals surface area contributed by atoms with Gasteiger partial charge < -0.3 is 4.74 Å². The summed E-state index contributed by atoms with van der Waals surface area (Å²) >= 11 is 0. The fourth-order valence-electron chi connectivity index (χ4n) is 5.86. The molecular weight excluding hydrogens is 388 g/mol. The number of benzene rings is 1. The Bertz CT molecular complexity index is 817. The number of ether oxygens (including phenoxy) is 1. The van der Waals surface area contributed by atoms with Crippen molar-refractivity contribution in [2.45, 2.75) is 76.4 Å². The van der Waals surface area contributed by atoms with Gasteiger partial charge in [-0.15, -0.1) is 5.10 Å². The van der Waals surface area contributed by atoms with E-state index in [-0.39, 0.29) is 6.04 Å². The standard InChI is InChI=1S/C24H36N6O/c1-2-31-22-13-11-19(12-14-22)23(24-25-26-27-30(24)21-9-5-6-10-21)29-17-15-28(16-18-29)20-7-3-4-8-20/h11-14,20-21,23H,2-10,15-18H2,1H3. The lowest BCUT2D eigenvalue weighted by Gasteiger charge is -2.41. The highest BCUT2D eigenvalue weighted by molar-refractivity contribution is 5.32. The summed E-state index contributed by atoms with van der Waals surface area (Å²) in [6, 6.07) is 9.91. The molecule has 168 valence electrons. The third kappa shape index (κ3) is 4.48. The van der Waals surface area contributed by atoms with Crippen molar-refractivity contribution in [3.05, 3.63) is 35.7 Å². The fraction of sp³-hybridized carbons (Fsp3) is 0.708. The SMILES string of the molecule is CCOc1ccc(C(c2nnnn2C2CCCC2)N2CCN(C3CCCC3)CC2)cc1. The molecule has 0 bridgehead atoms. The van der Waals surface area contributed by atoms with Crippen molar-refractivity contribution in [2.75, 3.05) is 32.8 Å². The van der Waals surface area contributed by atoms with Gasteiger partial charge in [0.25, 0.3) is 0 Å². The van der Waals surface area contributed by atoms with Gasteiger partial charge in [-0.2, -0.15) is 0 Å². The van der Waals surface area contributed by atoms with Gasteiger partial charge in [-0.05, 0) is 60.7 Å². The van der Waals surface area contributed by atoms with Crippen LogP contribution < -0.4 is 4.74 Å². The van der Waals surface area contributed by atoms with Gasteiger partial charge in [0.05, 0.1) is 18.7 Å². The Labute approximate surface area is 185 Å². The summed E-state index contributed by atoms with van der Waals surface area (Å²) in [7, 11) is 0. The van der Waals surface area contributed by atoms with Crippen LogP contribution in [0.3, 0.4) is 0 Å². The molecule has 2 heterocycles. The molecule has 7 nitrogen and oxygen atoms in total. The Balaban J connectivity index is 1.40. The zero-order valence-corrected chi connectivity index (χ0v) is 18.8. The van der Waals surface area contributed by atoms with Crippen molar-refractivity contribution in [3.63, 3.8) is 0 Å². The molecule has 1 saturated heterocycles. The maximum Gasteiger partial charge on any atom is 0.173 e. The Morgan fingerprint density at radius 1 is 0.903 bits per heavy atom. The average molecular weight is 425 g/mol. The molecule has 7 heteroatoms. The summed E-state index contributed by atoms with van der Waals surface area (Å²) in [4.78, 5) is 5.32. The molecule has 1 aromatic carbocycles. The summed E-state index contributed by atoms with van der Waals surface area (Å²) in [6.07, 6.45) is 10.5. The molecule has 3 aliphatic rings. The van der Waals surface area contributed by atoms with Crippen LogP contribution in [0, 0.1) is 0 Å². The number of tetrazole rings is 1. The summed E-state index contributed by atoms with van der Waals surface area (Å²) in [5, 5.41) is 13.2. The molecule has 31 heavy (non-hydrogen) atoms. The van der Waals surface area contributed by atoms with Crippen molar-refractivity contribution < 1.29 is 4.74 Å². The van der Waals surface area contributed by atoms with E-state index in [1.807, 2.05) is 6.92 Å². The Morgan fingerprint density at radius 2 is 1.55 bits per heavy atom. The van der Waals surface area contributed by atoms with Crippen molar-refractivity contribution in [2.24, 2.45) is 0 Å². The van der Waals surface area contributed by atoms with Gasteiger partial charge in [0.2, 0.25) is 0 Å². The molecule has 1 unspecified atom stereocenters. The first-order valence-corrected chi connectivity index (χ1v) is 12.3. The van der Waals surface area contributed by atoms with Crippen LogP contribution in [0.15, 0.2) is 24.3 Å². The fourth-order valence-corrected chi connectivity index (χ4v) is 5.86. The normalized spacial score (nSPS) is 22.9. The lowest BCUT2D eigenvalue weighted by atomic mass is 10.0. The maximum atomic E-state index is 5.69. The van der Waals surface area contributed by atoms with Crippen LogP contribution in [0.5, 0.6) is 5.75 Å². The van der Waals surface area contributed by atoms with E-state index in [9.17, 15) is 0 Å². The first-order valence-electron chi connectivity index (χ1n) is 12.3. The van der Waals surface area contributed by atoms with Crippen LogP contribution in [0.4, 0.5) is 0 Å². The third-order valence-corrected chi connectivity index (χ3v) is 7.50. The van der Waals surface area contributed by atoms with E-state index in [1.165, 1.54) is 56.9 Å². The van der Waals surface area contributed by atoms with E-state index in [2.05, 4.69) is 54.3 Å². The molecule has 1 aromatic heterocycles. The second-order valence-corrected chi connectivity index (χ2v) is 9.33. The van der Waals surface area contributed by atoms with Crippen molar-refractivity contribution >= 4 is 0 Å². The highest BCUT2D eigenvalue weighted by atomic mass is 16.5. The zero-order chi connectivity index (χ0) is 21.0. The van der Waals surface area contributed by atoms with Crippen LogP contribution in [-0.2, 0) is 0 Å². The Kier molecular flexibility index (Phi) is 6.50. The third-order valence-electron chi connectivity index (χ3n) is 7.50. The predicted molar refractivity (Wildman–Crippen MR) is 120 cm³/mol. The van der Waals surface area contributed by atoms with Gasteiger partial charge in [-0.3, -0.25) is 9.80 Å². The maximum absolute atomic E-state index is 5.69. The van der Waals surface area contributed by atoms with Crippen LogP contribution in [0.25, 0.3) is 0 Å². The quantitative estimate of drug-likeness (QED) is 0.673. The van der Waals surface area contributed by atoms with E-state index in [4.69, 9.17) is 4.74 Å². The Morgan fingerprint density at radius 3 is 2.19 bits per heavy atom. The number of aromatic nitrogens is 4.